The molecule has 0 atom stereocenters. The number of carbonyl (C=O) groups is 1. The molecule has 0 saturated heterocycles. The Balaban J connectivity index is 2.62. The van der Waals surface area contributed by atoms with Crippen LogP contribution >= 0.6 is 0 Å². The SMILES string of the molecule is C[C](C)(C)[Ca]1([C](C)(C)C)[CH2]c2cccnc2N[C]1=O. The van der Waals surface area contributed by atoms with Crippen LogP contribution in [0.25, 0.3) is 0 Å². The molecule has 0 spiro atoms. The van der Waals surface area contributed by atoms with Crippen LogP contribution < -0.4 is 5.32 Å². The van der Waals surface area contributed by atoms with Crippen molar-refractivity contribution in [2.45, 2.75) is 47.1 Å². The van der Waals surface area contributed by atoms with Crippen molar-refractivity contribution in [1.82, 2.24) is 4.98 Å². The predicted octanol–water partition coefficient (Wildman–Crippen LogP) is 4.34. The van der Waals surface area contributed by atoms with Gasteiger partial charge in [0.05, 0.1) is 0 Å². The van der Waals surface area contributed by atoms with Crippen molar-refractivity contribution < 1.29 is 4.79 Å². The van der Waals surface area contributed by atoms with Crippen LogP contribution in [-0.4, -0.2) is 36.9 Å². The van der Waals surface area contributed by atoms with Gasteiger partial charge in [-0.3, -0.25) is 0 Å². The summed E-state index contributed by atoms with van der Waals surface area (Å²) >= 11 is -3.26. The predicted molar refractivity (Wildman–Crippen MR) is 82.1 cm³/mol. The monoisotopic (exact) mass is 288 g/mol. The number of aromatic nitrogens is 1. The van der Waals surface area contributed by atoms with Crippen LogP contribution in [0.2, 0.25) is 3.02 Å². The van der Waals surface area contributed by atoms with Gasteiger partial charge in [-0.25, -0.2) is 0 Å². The molecule has 2 rings (SSSR count). The molecule has 102 valence electrons. The molecule has 1 aromatic rings. The van der Waals surface area contributed by atoms with Crippen molar-refractivity contribution in [3.8, 4) is 0 Å². The fraction of sp³-hybridized carbons (Fsp3) is 0.600. The van der Waals surface area contributed by atoms with E-state index in [4.69, 9.17) is 0 Å². The number of rotatable bonds is 0. The molecule has 4 heteroatoms. The molecule has 1 aromatic heterocycles. The Kier molecular flexibility index (Phi) is 3.79. The number of amides is 1. The van der Waals surface area contributed by atoms with Crippen molar-refractivity contribution >= 4 is 37.8 Å². The summed E-state index contributed by atoms with van der Waals surface area (Å²) in [5.74, 6) is 0.774. The number of fused-ring (bicyclic) bond motifs is 1. The molecule has 2 radical (unpaired) electrons. The number of hydrogen-bond acceptors (Lipinski definition) is 2. The van der Waals surface area contributed by atoms with Crippen LogP contribution in [0.3, 0.4) is 0 Å². The van der Waals surface area contributed by atoms with Crippen LogP contribution in [0.15, 0.2) is 18.3 Å². The van der Waals surface area contributed by atoms with Crippen LogP contribution in [0, 0.1) is 0 Å². The fourth-order valence-electron chi connectivity index (χ4n) is 4.86. The van der Waals surface area contributed by atoms with Crippen molar-refractivity contribution in [3.05, 3.63) is 23.9 Å². The van der Waals surface area contributed by atoms with Gasteiger partial charge in [0.2, 0.25) is 0 Å². The topological polar surface area (TPSA) is 42.0 Å². The molecule has 0 bridgehead atoms. The van der Waals surface area contributed by atoms with Crippen LogP contribution in [0.5, 0.6) is 0 Å². The summed E-state index contributed by atoms with van der Waals surface area (Å²) in [6, 6.07) is 4.09. The van der Waals surface area contributed by atoms with E-state index in [1.807, 2.05) is 6.07 Å². The zero-order valence-electron chi connectivity index (χ0n) is 13.0. The first-order valence-electron chi connectivity index (χ1n) is 7.31. The summed E-state index contributed by atoms with van der Waals surface area (Å²) in [5.41, 5.74) is 1.23. The van der Waals surface area contributed by atoms with Gasteiger partial charge in [0.15, 0.2) is 0 Å². The molecular formula is C15H24CaN2O. The zero-order valence-corrected chi connectivity index (χ0v) is 15.2. The molecule has 1 amide bonds. The Morgan fingerprint density at radius 3 is 2.26 bits per heavy atom. The van der Waals surface area contributed by atoms with E-state index >= 15 is 0 Å². The van der Waals surface area contributed by atoms with Crippen molar-refractivity contribution in [2.24, 2.45) is 0 Å². The quantitative estimate of drug-likeness (QED) is 0.722. The van der Waals surface area contributed by atoms with Crippen LogP contribution in [0.4, 0.5) is 10.6 Å². The molecule has 1 aliphatic heterocycles. The number of pyridine rings is 1. The van der Waals surface area contributed by atoms with Gasteiger partial charge >= 0.3 is 124 Å². The molecule has 3 nitrogen and oxygen atoms in total. The molecule has 1 N–H and O–H groups in total. The van der Waals surface area contributed by atoms with Crippen LogP contribution in [-0.2, 0) is 2.52 Å². The average molecular weight is 288 g/mol. The van der Waals surface area contributed by atoms with E-state index in [9.17, 15) is 4.79 Å². The van der Waals surface area contributed by atoms with E-state index < -0.39 is 29.9 Å². The summed E-state index contributed by atoms with van der Waals surface area (Å²) in [4.78, 5) is 17.2. The fourth-order valence-corrected chi connectivity index (χ4v) is 18.2. The third-order valence-corrected chi connectivity index (χ3v) is 21.3. The Bertz CT molecular complexity index is 498. The first-order chi connectivity index (χ1) is 8.59. The van der Waals surface area contributed by atoms with Crippen molar-refractivity contribution in [3.63, 3.8) is 0 Å². The summed E-state index contributed by atoms with van der Waals surface area (Å²) in [7, 11) is 0. The van der Waals surface area contributed by atoms with Gasteiger partial charge in [0, 0.05) is 0 Å². The second-order valence-electron chi connectivity index (χ2n) is 8.71. The van der Waals surface area contributed by atoms with Gasteiger partial charge in [0.1, 0.15) is 0 Å². The average Bonchev–Trinajstić information content (AvgIpc) is 2.24. The second-order valence-corrected chi connectivity index (χ2v) is 21.1. The van der Waals surface area contributed by atoms with E-state index in [0.717, 1.165) is 8.34 Å². The number of hydrogen-bond donors (Lipinski definition) is 1. The Morgan fingerprint density at radius 1 is 1.16 bits per heavy atom. The molecule has 0 unspecified atom stereocenters. The summed E-state index contributed by atoms with van der Waals surface area (Å²) in [6.07, 6.45) is 1.75. The summed E-state index contributed by atoms with van der Waals surface area (Å²) in [5, 5.41) is 3.11. The second kappa shape index (κ2) is 4.71. The number of carbonyl (C=O) groups excluding carboxylic acids is 1. The Hall–Kier alpha value is -0.120. The van der Waals surface area contributed by atoms with Crippen molar-refractivity contribution in [2.75, 3.05) is 5.32 Å². The standard InChI is InChI=1S/C7H6N2O.2C4H9.Ca/c1-6-3-2-4-8-7(6)9-5-10;2*1-4(2)3;/h2-4H,1H2,(H,8,9,10);2*1-3H3;. The van der Waals surface area contributed by atoms with Gasteiger partial charge in [-0.1, -0.05) is 0 Å². The maximum absolute atomic E-state index is 12.9. The Labute approximate surface area is 123 Å². The summed E-state index contributed by atoms with van der Waals surface area (Å²) in [6.45, 7) is 13.5. The van der Waals surface area contributed by atoms with E-state index in [1.54, 1.807) is 6.20 Å². The van der Waals surface area contributed by atoms with E-state index in [-0.39, 0.29) is 3.02 Å². The number of nitrogens with one attached hydrogen (secondary N) is 1. The van der Waals surface area contributed by atoms with Gasteiger partial charge < -0.3 is 0 Å². The van der Waals surface area contributed by atoms with Crippen molar-refractivity contribution in [1.29, 1.82) is 0 Å². The Morgan fingerprint density at radius 2 is 1.74 bits per heavy atom. The third-order valence-electron chi connectivity index (χ3n) is 5.96. The molecule has 0 aliphatic carbocycles. The minimum absolute atomic E-state index is 0.0966. The number of nitrogens with zero attached hydrogens (tertiary/aromatic N) is 1. The first-order valence-corrected chi connectivity index (χ1v) is 12.2. The molecule has 1 aliphatic rings. The molecule has 0 fully saturated rings. The normalized spacial score (nSPS) is 18.7. The molecular weight excluding hydrogens is 264 g/mol. The van der Waals surface area contributed by atoms with Gasteiger partial charge in [0.25, 0.3) is 0 Å². The van der Waals surface area contributed by atoms with Gasteiger partial charge in [-0.15, -0.1) is 0 Å². The third kappa shape index (κ3) is 2.34. The van der Waals surface area contributed by atoms with E-state index in [0.29, 0.717) is 2.00 Å². The zero-order chi connectivity index (χ0) is 14.5. The van der Waals surface area contributed by atoms with Gasteiger partial charge in [-0.2, -0.15) is 0 Å². The summed E-state index contributed by atoms with van der Waals surface area (Å²) < 4.78 is 1.47. The van der Waals surface area contributed by atoms with E-state index in [1.165, 1.54) is 5.56 Å². The van der Waals surface area contributed by atoms with E-state index in [2.05, 4.69) is 57.9 Å². The maximum atomic E-state index is 12.9. The molecule has 0 aromatic carbocycles. The molecule has 2 heterocycles. The number of anilines is 1. The van der Waals surface area contributed by atoms with Gasteiger partial charge in [-0.05, 0) is 0 Å². The molecule has 19 heavy (non-hydrogen) atoms. The van der Waals surface area contributed by atoms with Crippen LogP contribution in [0.1, 0.15) is 47.1 Å². The minimum atomic E-state index is -3.26. The molecule has 0 saturated carbocycles. The first kappa shape index (κ1) is 15.3.